The van der Waals surface area contributed by atoms with E-state index in [4.69, 9.17) is 13.9 Å². The van der Waals surface area contributed by atoms with Crippen LogP contribution in [0.5, 0.6) is 11.5 Å². The van der Waals surface area contributed by atoms with E-state index in [0.29, 0.717) is 34.5 Å². The summed E-state index contributed by atoms with van der Waals surface area (Å²) in [7, 11) is -4.07. The fourth-order valence-corrected chi connectivity index (χ4v) is 6.16. The molecule has 0 saturated carbocycles. The van der Waals surface area contributed by atoms with Gasteiger partial charge in [-0.3, -0.25) is 0 Å². The maximum atomic E-state index is 12.9. The van der Waals surface area contributed by atoms with E-state index >= 15 is 0 Å². The van der Waals surface area contributed by atoms with Crippen LogP contribution in [0, 0.1) is 6.92 Å². The number of ether oxygens (including phenoxy) is 1. The van der Waals surface area contributed by atoms with Crippen molar-refractivity contribution in [2.24, 2.45) is 5.10 Å². The standard InChI is InChI=1S/C27H32BrN7O4S/c1-3-38-23-17-20(16-22(28)24(23)39-40(36,37)21-10-8-19(2)9-11-21)18-29-33-25-30-26(34-12-4-5-13-34)32-27(31-25)35-14-6-7-15-35/h8-11,16-18H,3-7,12-15H2,1-2H3,(H,30,31,32,33)/b29-18-. The highest BCUT2D eigenvalue weighted by atomic mass is 79.9. The Labute approximate surface area is 242 Å². The van der Waals surface area contributed by atoms with Crippen molar-refractivity contribution in [1.29, 1.82) is 0 Å². The smallest absolute Gasteiger partial charge is 0.339 e. The van der Waals surface area contributed by atoms with Crippen LogP contribution in [0.4, 0.5) is 17.8 Å². The van der Waals surface area contributed by atoms with E-state index in [1.54, 1.807) is 30.5 Å². The molecule has 2 aliphatic heterocycles. The Kier molecular flexibility index (Phi) is 8.69. The molecular formula is C27H32BrN7O4S. The molecule has 5 rings (SSSR count). The number of aromatic nitrogens is 3. The average Bonchev–Trinajstić information content (AvgIpc) is 3.66. The number of benzene rings is 2. The van der Waals surface area contributed by atoms with E-state index in [1.165, 1.54) is 12.1 Å². The number of hydrazone groups is 1. The second-order valence-corrected chi connectivity index (χ2v) is 12.0. The monoisotopic (exact) mass is 629 g/mol. The lowest BCUT2D eigenvalue weighted by atomic mass is 10.2. The molecule has 1 aromatic heterocycles. The van der Waals surface area contributed by atoms with Crippen LogP contribution in [-0.2, 0) is 10.1 Å². The summed E-state index contributed by atoms with van der Waals surface area (Å²) in [5.41, 5.74) is 4.54. The zero-order chi connectivity index (χ0) is 28.1. The van der Waals surface area contributed by atoms with Gasteiger partial charge in [0, 0.05) is 26.2 Å². The summed E-state index contributed by atoms with van der Waals surface area (Å²) in [4.78, 5) is 18.3. The molecule has 0 amide bonds. The summed E-state index contributed by atoms with van der Waals surface area (Å²) in [5.74, 6) is 2.01. The van der Waals surface area contributed by atoms with Gasteiger partial charge in [-0.25, -0.2) is 5.43 Å². The Hall–Kier alpha value is -3.45. The summed E-state index contributed by atoms with van der Waals surface area (Å²) in [6.07, 6.45) is 6.06. The molecule has 3 heterocycles. The summed E-state index contributed by atoms with van der Waals surface area (Å²) < 4.78 is 37.5. The van der Waals surface area contributed by atoms with Crippen molar-refractivity contribution in [3.05, 3.63) is 52.0 Å². The molecule has 3 aromatic rings. The lowest BCUT2D eigenvalue weighted by Gasteiger charge is -2.20. The Morgan fingerprint density at radius 3 is 2.15 bits per heavy atom. The van der Waals surface area contributed by atoms with E-state index in [-0.39, 0.29) is 16.4 Å². The molecule has 40 heavy (non-hydrogen) atoms. The predicted octanol–water partition coefficient (Wildman–Crippen LogP) is 4.76. The third kappa shape index (κ3) is 6.64. The minimum Gasteiger partial charge on any atom is -0.490 e. The van der Waals surface area contributed by atoms with Gasteiger partial charge in [0.15, 0.2) is 11.5 Å². The first-order chi connectivity index (χ1) is 19.3. The van der Waals surface area contributed by atoms with Gasteiger partial charge >= 0.3 is 10.1 Å². The molecule has 212 valence electrons. The van der Waals surface area contributed by atoms with Gasteiger partial charge in [-0.2, -0.15) is 28.5 Å². The van der Waals surface area contributed by atoms with Gasteiger partial charge in [0.2, 0.25) is 17.8 Å². The van der Waals surface area contributed by atoms with Crippen molar-refractivity contribution in [3.8, 4) is 11.5 Å². The molecule has 2 fully saturated rings. The highest BCUT2D eigenvalue weighted by molar-refractivity contribution is 9.10. The van der Waals surface area contributed by atoms with E-state index in [0.717, 1.165) is 57.4 Å². The number of nitrogens with zero attached hydrogens (tertiary/aromatic N) is 6. The first kappa shape index (κ1) is 28.1. The van der Waals surface area contributed by atoms with Gasteiger partial charge in [-0.1, -0.05) is 17.7 Å². The highest BCUT2D eigenvalue weighted by Gasteiger charge is 2.23. The molecule has 0 unspecified atom stereocenters. The maximum absolute atomic E-state index is 12.9. The molecule has 0 spiro atoms. The van der Waals surface area contributed by atoms with Crippen molar-refractivity contribution in [2.75, 3.05) is 48.0 Å². The SMILES string of the molecule is CCOc1cc(/C=N\Nc2nc(N3CCCC3)nc(N3CCCC3)n2)cc(Br)c1OS(=O)(=O)c1ccc(C)cc1. The van der Waals surface area contributed by atoms with Crippen molar-refractivity contribution in [2.45, 2.75) is 44.4 Å². The van der Waals surface area contributed by atoms with Gasteiger partial charge in [-0.05, 0) is 85.3 Å². The van der Waals surface area contributed by atoms with Crippen LogP contribution in [0.3, 0.4) is 0 Å². The number of rotatable bonds is 10. The molecule has 2 aromatic carbocycles. The number of hydrogen-bond donors (Lipinski definition) is 1. The van der Waals surface area contributed by atoms with E-state index < -0.39 is 10.1 Å². The molecule has 2 aliphatic rings. The van der Waals surface area contributed by atoms with Crippen LogP contribution in [0.25, 0.3) is 0 Å². The molecule has 11 nitrogen and oxygen atoms in total. The van der Waals surface area contributed by atoms with Crippen LogP contribution >= 0.6 is 15.9 Å². The lowest BCUT2D eigenvalue weighted by Crippen LogP contribution is -2.25. The largest absolute Gasteiger partial charge is 0.490 e. The molecule has 0 atom stereocenters. The average molecular weight is 631 g/mol. The molecule has 0 aliphatic carbocycles. The second-order valence-electron chi connectivity index (χ2n) is 9.63. The molecular weight excluding hydrogens is 598 g/mol. The Bertz CT molecular complexity index is 1440. The number of halogens is 1. The minimum atomic E-state index is -4.07. The van der Waals surface area contributed by atoms with Crippen LogP contribution in [0.2, 0.25) is 0 Å². The van der Waals surface area contributed by atoms with Crippen LogP contribution in [0.15, 0.2) is 50.9 Å². The molecule has 1 N–H and O–H groups in total. The lowest BCUT2D eigenvalue weighted by molar-refractivity contribution is 0.327. The number of hydrogen-bond acceptors (Lipinski definition) is 11. The maximum Gasteiger partial charge on any atom is 0.339 e. The van der Waals surface area contributed by atoms with E-state index in [9.17, 15) is 8.42 Å². The molecule has 13 heteroatoms. The van der Waals surface area contributed by atoms with Crippen molar-refractivity contribution in [1.82, 2.24) is 15.0 Å². The summed E-state index contributed by atoms with van der Waals surface area (Å²) in [5, 5.41) is 4.35. The molecule has 0 radical (unpaired) electrons. The van der Waals surface area contributed by atoms with Crippen molar-refractivity contribution >= 4 is 50.1 Å². The zero-order valence-electron chi connectivity index (χ0n) is 22.5. The van der Waals surface area contributed by atoms with Gasteiger partial charge in [0.1, 0.15) is 4.90 Å². The molecule has 0 bridgehead atoms. The fourth-order valence-electron chi connectivity index (χ4n) is 4.55. The highest BCUT2D eigenvalue weighted by Crippen LogP contribution is 2.38. The predicted molar refractivity (Wildman–Crippen MR) is 158 cm³/mol. The van der Waals surface area contributed by atoms with Gasteiger partial charge in [0.25, 0.3) is 0 Å². The second kappa shape index (κ2) is 12.4. The number of nitrogens with one attached hydrogen (secondary N) is 1. The Morgan fingerprint density at radius 1 is 0.975 bits per heavy atom. The van der Waals surface area contributed by atoms with Gasteiger partial charge in [0.05, 0.1) is 17.3 Å². The fraction of sp³-hybridized carbons (Fsp3) is 0.407. The third-order valence-corrected chi connectivity index (χ3v) is 8.43. The van der Waals surface area contributed by atoms with Gasteiger partial charge in [-0.15, -0.1) is 0 Å². The quantitative estimate of drug-likeness (QED) is 0.191. The van der Waals surface area contributed by atoms with Crippen molar-refractivity contribution in [3.63, 3.8) is 0 Å². The number of anilines is 3. The van der Waals surface area contributed by atoms with Crippen molar-refractivity contribution < 1.29 is 17.3 Å². The normalized spacial score (nSPS) is 15.7. The third-order valence-electron chi connectivity index (χ3n) is 6.60. The summed E-state index contributed by atoms with van der Waals surface area (Å²) in [6.45, 7) is 7.71. The topological polar surface area (TPSA) is 122 Å². The minimum absolute atomic E-state index is 0.0567. The summed E-state index contributed by atoms with van der Waals surface area (Å²) in [6, 6.07) is 9.82. The van der Waals surface area contributed by atoms with E-state index in [2.05, 4.69) is 46.2 Å². The van der Waals surface area contributed by atoms with Gasteiger partial charge < -0.3 is 18.7 Å². The molecule has 2 saturated heterocycles. The zero-order valence-corrected chi connectivity index (χ0v) is 24.9. The van der Waals surface area contributed by atoms with Crippen LogP contribution in [0.1, 0.15) is 43.7 Å². The first-order valence-electron chi connectivity index (χ1n) is 13.3. The summed E-state index contributed by atoms with van der Waals surface area (Å²) >= 11 is 3.44. The Balaban J connectivity index is 1.37. The first-order valence-corrected chi connectivity index (χ1v) is 15.5. The Morgan fingerprint density at radius 2 is 1.57 bits per heavy atom. The van der Waals surface area contributed by atoms with E-state index in [1.807, 2.05) is 13.8 Å². The van der Waals surface area contributed by atoms with Crippen LogP contribution in [-0.4, -0.2) is 62.4 Å². The number of aryl methyl sites for hydroxylation is 1. The van der Waals surface area contributed by atoms with Crippen LogP contribution < -0.4 is 24.1 Å².